The van der Waals surface area contributed by atoms with Gasteiger partial charge in [0.1, 0.15) is 17.4 Å². The van der Waals surface area contributed by atoms with Crippen molar-refractivity contribution in [1.82, 2.24) is 0 Å². The first-order valence-electron chi connectivity index (χ1n) is 7.24. The van der Waals surface area contributed by atoms with Gasteiger partial charge in [-0.2, -0.15) is 5.26 Å². The third-order valence-electron chi connectivity index (χ3n) is 3.76. The van der Waals surface area contributed by atoms with Crippen LogP contribution in [0.25, 0.3) is 0 Å². The zero-order chi connectivity index (χ0) is 17.9. The first kappa shape index (κ1) is 17.2. The molecule has 24 heavy (non-hydrogen) atoms. The molecule has 1 aliphatic rings. The van der Waals surface area contributed by atoms with Crippen LogP contribution in [0.4, 0.5) is 0 Å². The summed E-state index contributed by atoms with van der Waals surface area (Å²) >= 11 is 0. The Morgan fingerprint density at radius 3 is 2.71 bits per heavy atom. The van der Waals surface area contributed by atoms with Crippen molar-refractivity contribution in [3.05, 3.63) is 46.6 Å². The van der Waals surface area contributed by atoms with E-state index < -0.39 is 11.9 Å². The largest absolute Gasteiger partial charge is 0.504 e. The van der Waals surface area contributed by atoms with Crippen LogP contribution in [0.1, 0.15) is 24.8 Å². The molecule has 0 saturated carbocycles. The van der Waals surface area contributed by atoms with Crippen molar-refractivity contribution in [3.63, 3.8) is 0 Å². The number of esters is 1. The first-order chi connectivity index (χ1) is 11.5. The molecule has 7 heteroatoms. The number of hydrogen-bond acceptors (Lipinski definition) is 7. The lowest BCUT2D eigenvalue weighted by Gasteiger charge is -2.27. The molecule has 0 saturated heterocycles. The number of methoxy groups -OCH3 is 2. The fourth-order valence-electron chi connectivity index (χ4n) is 2.62. The molecule has 3 N–H and O–H groups in total. The van der Waals surface area contributed by atoms with Crippen molar-refractivity contribution in [2.45, 2.75) is 19.3 Å². The van der Waals surface area contributed by atoms with Crippen LogP contribution >= 0.6 is 0 Å². The molecule has 0 aliphatic carbocycles. The zero-order valence-corrected chi connectivity index (χ0v) is 13.6. The van der Waals surface area contributed by atoms with E-state index in [2.05, 4.69) is 0 Å². The maximum atomic E-state index is 12.3. The molecule has 2 rings (SSSR count). The van der Waals surface area contributed by atoms with Crippen LogP contribution < -0.4 is 10.5 Å². The molecule has 0 fully saturated rings. The molecular weight excluding hydrogens is 312 g/mol. The number of carbonyl (C=O) groups is 1. The maximum Gasteiger partial charge on any atom is 0.338 e. The number of hydrogen-bond donors (Lipinski definition) is 2. The van der Waals surface area contributed by atoms with E-state index in [9.17, 15) is 15.2 Å². The number of phenols is 1. The van der Waals surface area contributed by atoms with Gasteiger partial charge in [0.05, 0.1) is 25.7 Å². The summed E-state index contributed by atoms with van der Waals surface area (Å²) in [6.07, 6.45) is 0.398. The Bertz CT molecular complexity index is 774. The summed E-state index contributed by atoms with van der Waals surface area (Å²) in [4.78, 5) is 12.3. The topological polar surface area (TPSA) is 115 Å². The molecular formula is C17H18N2O5. The Kier molecular flexibility index (Phi) is 4.99. The number of rotatable bonds is 4. The minimum atomic E-state index is -0.763. The van der Waals surface area contributed by atoms with E-state index in [4.69, 9.17) is 19.9 Å². The van der Waals surface area contributed by atoms with E-state index in [1.807, 2.05) is 6.07 Å². The summed E-state index contributed by atoms with van der Waals surface area (Å²) in [5.74, 6) is -0.917. The standard InChI is InChI=1S/C17H18N2O5/c1-4-12-15(17(21)23-3)14(10(8-18)16(19)24-12)9-5-6-11(20)13(7-9)22-2/h5-7,14,20H,4,19H2,1-3H3/t14-/m0/s1. The van der Waals surface area contributed by atoms with Gasteiger partial charge < -0.3 is 25.1 Å². The van der Waals surface area contributed by atoms with E-state index in [-0.39, 0.29) is 28.5 Å². The average molecular weight is 330 g/mol. The second-order valence-corrected chi connectivity index (χ2v) is 5.04. The van der Waals surface area contributed by atoms with Crippen molar-refractivity contribution in [3.8, 4) is 17.6 Å². The van der Waals surface area contributed by atoms with E-state index in [0.29, 0.717) is 17.7 Å². The molecule has 1 atom stereocenters. The van der Waals surface area contributed by atoms with Crippen molar-refractivity contribution < 1.29 is 24.1 Å². The van der Waals surface area contributed by atoms with Gasteiger partial charge in [0.2, 0.25) is 5.88 Å². The molecule has 0 unspecified atom stereocenters. The van der Waals surface area contributed by atoms with Gasteiger partial charge in [0.15, 0.2) is 11.5 Å². The quantitative estimate of drug-likeness (QED) is 0.812. The Morgan fingerprint density at radius 2 is 2.17 bits per heavy atom. The highest BCUT2D eigenvalue weighted by Crippen LogP contribution is 2.42. The van der Waals surface area contributed by atoms with Gasteiger partial charge in [-0.05, 0) is 17.7 Å². The monoisotopic (exact) mass is 330 g/mol. The van der Waals surface area contributed by atoms with Crippen LogP contribution in [0.15, 0.2) is 41.0 Å². The second kappa shape index (κ2) is 6.96. The molecule has 126 valence electrons. The Balaban J connectivity index is 2.71. The Labute approximate surface area is 139 Å². The summed E-state index contributed by atoms with van der Waals surface area (Å²) in [6.45, 7) is 1.80. The second-order valence-electron chi connectivity index (χ2n) is 5.04. The molecule has 1 aromatic carbocycles. The van der Waals surface area contributed by atoms with Crippen LogP contribution in [-0.2, 0) is 14.3 Å². The van der Waals surface area contributed by atoms with E-state index in [1.54, 1.807) is 19.1 Å². The highest BCUT2D eigenvalue weighted by Gasteiger charge is 2.37. The van der Waals surface area contributed by atoms with Gasteiger partial charge in [-0.25, -0.2) is 4.79 Å². The van der Waals surface area contributed by atoms with Gasteiger partial charge in [-0.15, -0.1) is 0 Å². The normalized spacial score (nSPS) is 17.2. The molecule has 0 amide bonds. The molecule has 1 aromatic rings. The number of nitrogens with zero attached hydrogens (tertiary/aromatic N) is 1. The predicted molar refractivity (Wildman–Crippen MR) is 84.6 cm³/mol. The highest BCUT2D eigenvalue weighted by atomic mass is 16.5. The van der Waals surface area contributed by atoms with Gasteiger partial charge in [0.25, 0.3) is 0 Å². The van der Waals surface area contributed by atoms with Crippen molar-refractivity contribution in [1.29, 1.82) is 5.26 Å². The number of allylic oxidation sites excluding steroid dienone is 2. The fourth-order valence-corrected chi connectivity index (χ4v) is 2.62. The molecule has 0 bridgehead atoms. The predicted octanol–water partition coefficient (Wildman–Crippen LogP) is 2.05. The number of phenolic OH excluding ortho intramolecular Hbond substituents is 1. The Hall–Kier alpha value is -3.14. The first-order valence-corrected chi connectivity index (χ1v) is 7.24. The van der Waals surface area contributed by atoms with E-state index >= 15 is 0 Å². The third-order valence-corrected chi connectivity index (χ3v) is 3.76. The minimum Gasteiger partial charge on any atom is -0.504 e. The summed E-state index contributed by atoms with van der Waals surface area (Å²) in [5.41, 5.74) is 6.71. The fraction of sp³-hybridized carbons (Fsp3) is 0.294. The Morgan fingerprint density at radius 1 is 1.46 bits per heavy atom. The molecule has 0 radical (unpaired) electrons. The summed E-state index contributed by atoms with van der Waals surface area (Å²) in [5, 5.41) is 19.3. The zero-order valence-electron chi connectivity index (χ0n) is 13.6. The lowest BCUT2D eigenvalue weighted by atomic mass is 9.82. The maximum absolute atomic E-state index is 12.3. The summed E-state index contributed by atoms with van der Waals surface area (Å²) in [7, 11) is 2.66. The number of carbonyl (C=O) groups excluding carboxylic acids is 1. The van der Waals surface area contributed by atoms with Crippen LogP contribution in [0.2, 0.25) is 0 Å². The highest BCUT2D eigenvalue weighted by molar-refractivity contribution is 5.92. The van der Waals surface area contributed by atoms with Gasteiger partial charge in [-0.3, -0.25) is 0 Å². The molecule has 7 nitrogen and oxygen atoms in total. The minimum absolute atomic E-state index is 0.0527. The lowest BCUT2D eigenvalue weighted by Crippen LogP contribution is -2.25. The van der Waals surface area contributed by atoms with Crippen molar-refractivity contribution in [2.75, 3.05) is 14.2 Å². The smallest absolute Gasteiger partial charge is 0.338 e. The number of nitrogens with two attached hydrogens (primary N) is 1. The molecule has 0 spiro atoms. The number of benzene rings is 1. The van der Waals surface area contributed by atoms with E-state index in [0.717, 1.165) is 0 Å². The SMILES string of the molecule is CCC1=C(C(=O)OC)[C@@H](c2ccc(O)c(OC)c2)C(C#N)=C(N)O1. The van der Waals surface area contributed by atoms with Gasteiger partial charge >= 0.3 is 5.97 Å². The van der Waals surface area contributed by atoms with Crippen LogP contribution in [0, 0.1) is 11.3 Å². The number of ether oxygens (including phenoxy) is 3. The van der Waals surface area contributed by atoms with Crippen molar-refractivity contribution >= 4 is 5.97 Å². The molecule has 0 aromatic heterocycles. The molecule has 1 aliphatic heterocycles. The van der Waals surface area contributed by atoms with Crippen LogP contribution in [0.5, 0.6) is 11.5 Å². The van der Waals surface area contributed by atoms with E-state index in [1.165, 1.54) is 20.3 Å². The average Bonchev–Trinajstić information content (AvgIpc) is 2.60. The number of nitriles is 1. The summed E-state index contributed by atoms with van der Waals surface area (Å²) in [6, 6.07) is 6.56. The summed E-state index contributed by atoms with van der Waals surface area (Å²) < 4.78 is 15.4. The van der Waals surface area contributed by atoms with Gasteiger partial charge in [0, 0.05) is 6.42 Å². The molecule has 1 heterocycles. The van der Waals surface area contributed by atoms with Crippen molar-refractivity contribution in [2.24, 2.45) is 5.73 Å². The third kappa shape index (κ3) is 2.86. The lowest BCUT2D eigenvalue weighted by molar-refractivity contribution is -0.136. The van der Waals surface area contributed by atoms with Gasteiger partial charge in [-0.1, -0.05) is 13.0 Å². The number of aromatic hydroxyl groups is 1. The van der Waals surface area contributed by atoms with Crippen LogP contribution in [-0.4, -0.2) is 25.3 Å². The van der Waals surface area contributed by atoms with Crippen LogP contribution in [0.3, 0.4) is 0 Å².